The minimum atomic E-state index is -0.785. The number of rotatable bonds is 3. The number of ketones is 1. The Bertz CT molecular complexity index is 1360. The first-order chi connectivity index (χ1) is 16.5. The van der Waals surface area contributed by atoms with E-state index in [4.69, 9.17) is 11.6 Å². The molecule has 0 spiro atoms. The van der Waals surface area contributed by atoms with Gasteiger partial charge in [-0.15, -0.1) is 0 Å². The zero-order valence-corrected chi connectivity index (χ0v) is 19.1. The number of aryl methyl sites for hydroxylation is 1. The van der Waals surface area contributed by atoms with Gasteiger partial charge in [-0.2, -0.15) is 0 Å². The van der Waals surface area contributed by atoms with Crippen molar-refractivity contribution in [2.24, 2.45) is 11.8 Å². The zero-order valence-electron chi connectivity index (χ0n) is 18.4. The van der Waals surface area contributed by atoms with E-state index < -0.39 is 17.9 Å². The van der Waals surface area contributed by atoms with Crippen LogP contribution < -0.4 is 4.90 Å². The predicted octanol–water partition coefficient (Wildman–Crippen LogP) is 5.05. The first-order valence-electron chi connectivity index (χ1n) is 11.2. The molecule has 0 bridgehead atoms. The molecular weight excluding hydrogens is 448 g/mol. The number of fused-ring (bicyclic) bond motifs is 5. The summed E-state index contributed by atoms with van der Waals surface area (Å²) in [5, 5.41) is 0.531. The molecule has 6 heteroatoms. The lowest BCUT2D eigenvalue weighted by molar-refractivity contribution is -0.123. The van der Waals surface area contributed by atoms with E-state index >= 15 is 0 Å². The quantitative estimate of drug-likeness (QED) is 0.399. The fourth-order valence-electron chi connectivity index (χ4n) is 5.59. The summed E-state index contributed by atoms with van der Waals surface area (Å²) in [7, 11) is 0. The molecule has 6 rings (SSSR count). The molecule has 0 aliphatic carbocycles. The Morgan fingerprint density at radius 3 is 2.26 bits per heavy atom. The van der Waals surface area contributed by atoms with Crippen molar-refractivity contribution < 1.29 is 14.4 Å². The van der Waals surface area contributed by atoms with Gasteiger partial charge in [-0.25, -0.2) is 4.90 Å². The number of hydrogen-bond acceptors (Lipinski definition) is 4. The SMILES string of the molecule is Cc1ccc(N2C(=O)[C@@H]3[C@@H](C2=O)[C@H]2c4ccccc4C=CN2[C@@H]3C(=O)c2ccc(Cl)cc2)cc1. The molecule has 168 valence electrons. The summed E-state index contributed by atoms with van der Waals surface area (Å²) in [6.07, 6.45) is 3.81. The van der Waals surface area contributed by atoms with E-state index in [0.29, 0.717) is 16.3 Å². The Hall–Kier alpha value is -3.70. The van der Waals surface area contributed by atoms with E-state index in [-0.39, 0.29) is 23.6 Å². The molecular formula is C28H21ClN2O3. The highest BCUT2D eigenvalue weighted by atomic mass is 35.5. The van der Waals surface area contributed by atoms with Crippen LogP contribution in [0.4, 0.5) is 5.69 Å². The smallest absolute Gasteiger partial charge is 0.240 e. The van der Waals surface area contributed by atoms with Gasteiger partial charge in [0.15, 0.2) is 5.78 Å². The van der Waals surface area contributed by atoms with Gasteiger partial charge in [0.1, 0.15) is 6.04 Å². The molecule has 0 radical (unpaired) electrons. The highest BCUT2D eigenvalue weighted by molar-refractivity contribution is 6.30. The van der Waals surface area contributed by atoms with Crippen LogP contribution in [-0.4, -0.2) is 28.5 Å². The van der Waals surface area contributed by atoms with Crippen LogP contribution in [0.25, 0.3) is 6.08 Å². The minimum Gasteiger partial charge on any atom is -0.358 e. The first kappa shape index (κ1) is 20.9. The number of Topliss-reactive ketones (excluding diaryl/α,β-unsaturated/α-hetero) is 1. The summed E-state index contributed by atoms with van der Waals surface area (Å²) in [5.41, 5.74) is 4.00. The third kappa shape index (κ3) is 2.97. The molecule has 2 fully saturated rings. The molecule has 3 aromatic rings. The number of carbonyl (C=O) groups excluding carboxylic acids is 3. The summed E-state index contributed by atoms with van der Waals surface area (Å²) in [5.74, 6) is -2.21. The molecule has 0 unspecified atom stereocenters. The average molecular weight is 469 g/mol. The van der Waals surface area contributed by atoms with Crippen LogP contribution in [0.1, 0.15) is 33.1 Å². The zero-order chi connectivity index (χ0) is 23.6. The van der Waals surface area contributed by atoms with Gasteiger partial charge in [0.2, 0.25) is 11.8 Å². The highest BCUT2D eigenvalue weighted by Crippen LogP contribution is 2.53. The van der Waals surface area contributed by atoms with Crippen LogP contribution in [0, 0.1) is 18.8 Å². The first-order valence-corrected chi connectivity index (χ1v) is 11.6. The number of amides is 2. The second-order valence-corrected chi connectivity index (χ2v) is 9.49. The van der Waals surface area contributed by atoms with E-state index in [1.165, 1.54) is 4.90 Å². The molecule has 3 heterocycles. The average Bonchev–Trinajstić information content (AvgIpc) is 3.32. The lowest BCUT2D eigenvalue weighted by Gasteiger charge is -2.35. The second kappa shape index (κ2) is 7.67. The Morgan fingerprint density at radius 2 is 1.53 bits per heavy atom. The van der Waals surface area contributed by atoms with Crippen molar-refractivity contribution in [1.29, 1.82) is 0 Å². The lowest BCUT2D eigenvalue weighted by atomic mass is 9.83. The molecule has 0 N–H and O–H groups in total. The normalized spacial score (nSPS) is 24.8. The largest absolute Gasteiger partial charge is 0.358 e. The van der Waals surface area contributed by atoms with Gasteiger partial charge in [-0.3, -0.25) is 14.4 Å². The molecule has 0 saturated carbocycles. The maximum Gasteiger partial charge on any atom is 0.240 e. The molecule has 34 heavy (non-hydrogen) atoms. The van der Waals surface area contributed by atoms with Crippen molar-refractivity contribution >= 4 is 41.0 Å². The van der Waals surface area contributed by atoms with Gasteiger partial charge in [-0.05, 0) is 60.5 Å². The van der Waals surface area contributed by atoms with E-state index in [0.717, 1.165) is 16.7 Å². The Balaban J connectivity index is 1.49. The number of nitrogens with zero attached hydrogens (tertiary/aromatic N) is 2. The maximum absolute atomic E-state index is 13.8. The van der Waals surface area contributed by atoms with Crippen LogP contribution in [-0.2, 0) is 9.59 Å². The number of imide groups is 1. The van der Waals surface area contributed by atoms with Gasteiger partial charge in [0.25, 0.3) is 0 Å². The van der Waals surface area contributed by atoms with Crippen LogP contribution in [0.5, 0.6) is 0 Å². The van der Waals surface area contributed by atoms with Crippen molar-refractivity contribution in [2.75, 3.05) is 4.90 Å². The fraction of sp³-hybridized carbons (Fsp3) is 0.179. The van der Waals surface area contributed by atoms with E-state index in [2.05, 4.69) is 0 Å². The van der Waals surface area contributed by atoms with Crippen molar-refractivity contribution in [3.05, 3.63) is 106 Å². The summed E-state index contributed by atoms with van der Waals surface area (Å²) < 4.78 is 0. The number of halogens is 1. The van der Waals surface area contributed by atoms with Gasteiger partial charge in [0, 0.05) is 16.8 Å². The lowest BCUT2D eigenvalue weighted by Crippen LogP contribution is -2.44. The van der Waals surface area contributed by atoms with Crippen LogP contribution in [0.3, 0.4) is 0 Å². The summed E-state index contributed by atoms with van der Waals surface area (Å²) in [6.45, 7) is 1.95. The van der Waals surface area contributed by atoms with Crippen molar-refractivity contribution in [3.63, 3.8) is 0 Å². The van der Waals surface area contributed by atoms with Gasteiger partial charge in [-0.1, -0.05) is 53.6 Å². The number of benzene rings is 3. The molecule has 3 aliphatic rings. The predicted molar refractivity (Wildman–Crippen MR) is 130 cm³/mol. The van der Waals surface area contributed by atoms with Crippen LogP contribution in [0.2, 0.25) is 5.02 Å². The van der Waals surface area contributed by atoms with Gasteiger partial charge >= 0.3 is 0 Å². The third-order valence-corrected chi connectivity index (χ3v) is 7.40. The van der Waals surface area contributed by atoms with E-state index in [9.17, 15) is 14.4 Å². The summed E-state index contributed by atoms with van der Waals surface area (Å²) in [6, 6.07) is 20.7. The second-order valence-electron chi connectivity index (χ2n) is 9.05. The van der Waals surface area contributed by atoms with E-state index in [1.54, 1.807) is 36.4 Å². The van der Waals surface area contributed by atoms with Crippen molar-refractivity contribution in [3.8, 4) is 0 Å². The third-order valence-electron chi connectivity index (χ3n) is 7.15. The Morgan fingerprint density at radius 1 is 0.853 bits per heavy atom. The van der Waals surface area contributed by atoms with Crippen LogP contribution >= 0.6 is 11.6 Å². The highest BCUT2D eigenvalue weighted by Gasteiger charge is 2.64. The van der Waals surface area contributed by atoms with Gasteiger partial charge < -0.3 is 4.90 Å². The molecule has 3 aromatic carbocycles. The van der Waals surface area contributed by atoms with Crippen molar-refractivity contribution in [1.82, 2.24) is 4.90 Å². The van der Waals surface area contributed by atoms with Gasteiger partial charge in [0.05, 0.1) is 23.6 Å². The minimum absolute atomic E-state index is 0.190. The number of hydrogen-bond donors (Lipinski definition) is 0. The Kier molecular flexibility index (Phi) is 4.71. The van der Waals surface area contributed by atoms with E-state index in [1.807, 2.05) is 60.5 Å². The molecule has 2 amide bonds. The monoisotopic (exact) mass is 468 g/mol. The standard InChI is InChI=1S/C28H21ClN2O3/c1-16-6-12-20(13-7-16)31-27(33)22-23(28(31)34)25(26(32)18-8-10-19(29)11-9-18)30-15-14-17-4-2-3-5-21(17)24(22)30/h2-15,22-25H,1H3/t22-,23-,24-,25+/m1/s1. The summed E-state index contributed by atoms with van der Waals surface area (Å²) >= 11 is 6.03. The molecule has 4 atom stereocenters. The fourth-order valence-corrected chi connectivity index (χ4v) is 5.72. The summed E-state index contributed by atoms with van der Waals surface area (Å²) in [4.78, 5) is 44.6. The van der Waals surface area contributed by atoms with Crippen LogP contribution in [0.15, 0.2) is 79.0 Å². The Labute approximate surface area is 202 Å². The van der Waals surface area contributed by atoms with Crippen molar-refractivity contribution in [2.45, 2.75) is 19.0 Å². The maximum atomic E-state index is 13.8. The topological polar surface area (TPSA) is 57.7 Å². The number of anilines is 1. The molecule has 3 aliphatic heterocycles. The number of carbonyl (C=O) groups is 3. The molecule has 0 aromatic heterocycles. The molecule has 2 saturated heterocycles. The molecule has 5 nitrogen and oxygen atoms in total.